The molecule has 132 valence electrons. The van der Waals surface area contributed by atoms with Gasteiger partial charge < -0.3 is 18.9 Å². The van der Waals surface area contributed by atoms with Crippen LogP contribution in [0.4, 0.5) is 0 Å². The monoisotopic (exact) mass is 342 g/mol. The van der Waals surface area contributed by atoms with Gasteiger partial charge in [-0.15, -0.1) is 0 Å². The summed E-state index contributed by atoms with van der Waals surface area (Å²) in [5, 5.41) is 0. The molecule has 0 aliphatic rings. The lowest BCUT2D eigenvalue weighted by Gasteiger charge is -2.08. The number of methoxy groups -OCH3 is 2. The first-order valence-electron chi connectivity index (χ1n) is 7.88. The Morgan fingerprint density at radius 3 is 2.36 bits per heavy atom. The molecule has 0 atom stereocenters. The topological polar surface area (TPSA) is 54.0 Å². The lowest BCUT2D eigenvalue weighted by atomic mass is 10.2. The second kappa shape index (κ2) is 9.37. The van der Waals surface area contributed by atoms with Gasteiger partial charge in [-0.05, 0) is 42.8 Å². The van der Waals surface area contributed by atoms with Crippen molar-refractivity contribution in [2.75, 3.05) is 27.4 Å². The van der Waals surface area contributed by atoms with E-state index in [1.807, 2.05) is 37.3 Å². The Morgan fingerprint density at radius 1 is 0.960 bits per heavy atom. The molecule has 0 fully saturated rings. The van der Waals surface area contributed by atoms with Crippen molar-refractivity contribution in [1.82, 2.24) is 0 Å². The fourth-order valence-corrected chi connectivity index (χ4v) is 2.11. The number of ether oxygens (including phenoxy) is 4. The molecule has 0 amide bonds. The van der Waals surface area contributed by atoms with Crippen LogP contribution in [0, 0.1) is 6.92 Å². The SMILES string of the molecule is COc1ccc(/C=C/C(=O)OCCOc2ccc(C)cc2)cc1OC. The molecule has 5 heteroatoms. The molecule has 2 aromatic rings. The van der Waals surface area contributed by atoms with E-state index < -0.39 is 5.97 Å². The van der Waals surface area contributed by atoms with Crippen LogP contribution in [0.25, 0.3) is 6.08 Å². The third-order valence-electron chi connectivity index (χ3n) is 3.44. The van der Waals surface area contributed by atoms with Crippen molar-refractivity contribution in [3.05, 3.63) is 59.7 Å². The zero-order chi connectivity index (χ0) is 18.1. The Bertz CT molecular complexity index is 719. The van der Waals surface area contributed by atoms with E-state index in [1.165, 1.54) is 11.6 Å². The Morgan fingerprint density at radius 2 is 1.68 bits per heavy atom. The van der Waals surface area contributed by atoms with E-state index in [0.29, 0.717) is 18.1 Å². The molecule has 0 unspecified atom stereocenters. The second-order valence-corrected chi connectivity index (χ2v) is 5.28. The van der Waals surface area contributed by atoms with Gasteiger partial charge in [0.25, 0.3) is 0 Å². The summed E-state index contributed by atoms with van der Waals surface area (Å²) in [4.78, 5) is 11.7. The maximum absolute atomic E-state index is 11.7. The number of hydrogen-bond donors (Lipinski definition) is 0. The number of benzene rings is 2. The third kappa shape index (κ3) is 5.88. The van der Waals surface area contributed by atoms with E-state index in [1.54, 1.807) is 32.4 Å². The number of carbonyl (C=O) groups excluding carboxylic acids is 1. The van der Waals surface area contributed by atoms with Crippen molar-refractivity contribution in [3.63, 3.8) is 0 Å². The lowest BCUT2D eigenvalue weighted by Crippen LogP contribution is -2.10. The van der Waals surface area contributed by atoms with Gasteiger partial charge in [0.1, 0.15) is 19.0 Å². The van der Waals surface area contributed by atoms with Gasteiger partial charge in [-0.1, -0.05) is 23.8 Å². The highest BCUT2D eigenvalue weighted by molar-refractivity contribution is 5.87. The zero-order valence-corrected chi connectivity index (χ0v) is 14.7. The molecule has 0 bridgehead atoms. The smallest absolute Gasteiger partial charge is 0.330 e. The first kappa shape index (κ1) is 18.4. The van der Waals surface area contributed by atoms with Crippen LogP contribution in [0.3, 0.4) is 0 Å². The van der Waals surface area contributed by atoms with Crippen LogP contribution in [-0.4, -0.2) is 33.4 Å². The van der Waals surface area contributed by atoms with Gasteiger partial charge in [-0.25, -0.2) is 4.79 Å². The molecular formula is C20H22O5. The summed E-state index contributed by atoms with van der Waals surface area (Å²) >= 11 is 0. The van der Waals surface area contributed by atoms with Crippen molar-refractivity contribution in [2.24, 2.45) is 0 Å². The second-order valence-electron chi connectivity index (χ2n) is 5.28. The fraction of sp³-hybridized carbons (Fsp3) is 0.250. The van der Waals surface area contributed by atoms with Gasteiger partial charge in [0, 0.05) is 6.08 Å². The molecule has 0 aliphatic carbocycles. The summed E-state index contributed by atoms with van der Waals surface area (Å²) < 4.78 is 21.0. The molecule has 2 rings (SSSR count). The molecule has 0 heterocycles. The van der Waals surface area contributed by atoms with Gasteiger partial charge >= 0.3 is 5.97 Å². The van der Waals surface area contributed by atoms with Crippen LogP contribution in [0.2, 0.25) is 0 Å². The van der Waals surface area contributed by atoms with Crippen LogP contribution in [0.5, 0.6) is 17.2 Å². The molecule has 0 spiro atoms. The Kier molecular flexibility index (Phi) is 6.89. The molecular weight excluding hydrogens is 320 g/mol. The quantitative estimate of drug-likeness (QED) is 0.416. The highest BCUT2D eigenvalue weighted by atomic mass is 16.6. The van der Waals surface area contributed by atoms with Crippen LogP contribution < -0.4 is 14.2 Å². The van der Waals surface area contributed by atoms with Gasteiger partial charge in [0.15, 0.2) is 11.5 Å². The maximum Gasteiger partial charge on any atom is 0.330 e. The molecule has 0 aromatic heterocycles. The Balaban J connectivity index is 1.77. The number of carbonyl (C=O) groups is 1. The number of esters is 1. The lowest BCUT2D eigenvalue weighted by molar-refractivity contribution is -0.138. The van der Waals surface area contributed by atoms with Crippen molar-refractivity contribution in [3.8, 4) is 17.2 Å². The van der Waals surface area contributed by atoms with Crippen molar-refractivity contribution in [1.29, 1.82) is 0 Å². The summed E-state index contributed by atoms with van der Waals surface area (Å²) in [6.07, 6.45) is 3.03. The molecule has 2 aromatic carbocycles. The zero-order valence-electron chi connectivity index (χ0n) is 14.7. The molecule has 0 saturated carbocycles. The maximum atomic E-state index is 11.7. The van der Waals surface area contributed by atoms with E-state index >= 15 is 0 Å². The standard InChI is InChI=1S/C20H22O5/c1-15-4-8-17(9-5-15)24-12-13-25-20(21)11-7-16-6-10-18(22-2)19(14-16)23-3/h4-11,14H,12-13H2,1-3H3/b11-7+. The summed E-state index contributed by atoms with van der Waals surface area (Å²) in [7, 11) is 3.14. The molecule has 0 aliphatic heterocycles. The van der Waals surface area contributed by atoms with Gasteiger partial charge in [0.2, 0.25) is 0 Å². The van der Waals surface area contributed by atoms with E-state index in [0.717, 1.165) is 11.3 Å². The van der Waals surface area contributed by atoms with Crippen molar-refractivity contribution >= 4 is 12.0 Å². The first-order chi connectivity index (χ1) is 12.1. The fourth-order valence-electron chi connectivity index (χ4n) is 2.11. The first-order valence-corrected chi connectivity index (χ1v) is 7.88. The summed E-state index contributed by atoms with van der Waals surface area (Å²) in [6.45, 7) is 2.50. The van der Waals surface area contributed by atoms with Gasteiger partial charge in [0.05, 0.1) is 14.2 Å². The highest BCUT2D eigenvalue weighted by Crippen LogP contribution is 2.27. The normalized spacial score (nSPS) is 10.5. The van der Waals surface area contributed by atoms with Crippen LogP contribution in [0.1, 0.15) is 11.1 Å². The number of hydrogen-bond acceptors (Lipinski definition) is 5. The van der Waals surface area contributed by atoms with Crippen LogP contribution in [0.15, 0.2) is 48.5 Å². The minimum atomic E-state index is -0.428. The highest BCUT2D eigenvalue weighted by Gasteiger charge is 2.03. The predicted molar refractivity (Wildman–Crippen MR) is 96.2 cm³/mol. The number of aryl methyl sites for hydroxylation is 1. The summed E-state index contributed by atoms with van der Waals surface area (Å²) in [5.41, 5.74) is 1.98. The van der Waals surface area contributed by atoms with Gasteiger partial charge in [-0.3, -0.25) is 0 Å². The molecule has 25 heavy (non-hydrogen) atoms. The Hall–Kier alpha value is -2.95. The van der Waals surface area contributed by atoms with Crippen LogP contribution >= 0.6 is 0 Å². The molecule has 0 saturated heterocycles. The largest absolute Gasteiger partial charge is 0.493 e. The molecule has 0 radical (unpaired) electrons. The minimum Gasteiger partial charge on any atom is -0.493 e. The van der Waals surface area contributed by atoms with Gasteiger partial charge in [-0.2, -0.15) is 0 Å². The molecule has 5 nitrogen and oxygen atoms in total. The Labute approximate surface area is 147 Å². The predicted octanol–water partition coefficient (Wildman–Crippen LogP) is 3.65. The minimum absolute atomic E-state index is 0.184. The number of rotatable bonds is 8. The van der Waals surface area contributed by atoms with E-state index in [9.17, 15) is 4.79 Å². The summed E-state index contributed by atoms with van der Waals surface area (Å²) in [6, 6.07) is 13.1. The van der Waals surface area contributed by atoms with Crippen molar-refractivity contribution in [2.45, 2.75) is 6.92 Å². The summed E-state index contributed by atoms with van der Waals surface area (Å²) in [5.74, 6) is 1.56. The average Bonchev–Trinajstić information content (AvgIpc) is 2.64. The van der Waals surface area contributed by atoms with E-state index in [4.69, 9.17) is 18.9 Å². The van der Waals surface area contributed by atoms with E-state index in [-0.39, 0.29) is 6.61 Å². The van der Waals surface area contributed by atoms with Crippen LogP contribution in [-0.2, 0) is 9.53 Å². The third-order valence-corrected chi connectivity index (χ3v) is 3.44. The van der Waals surface area contributed by atoms with E-state index in [2.05, 4.69) is 0 Å². The van der Waals surface area contributed by atoms with Crippen molar-refractivity contribution < 1.29 is 23.7 Å². The average molecular weight is 342 g/mol. The molecule has 0 N–H and O–H groups in total.